The second kappa shape index (κ2) is 32.2. The molecule has 0 spiro atoms. The van der Waals surface area contributed by atoms with Crippen molar-refractivity contribution in [1.82, 2.24) is 50.7 Å². The fourth-order valence-electron chi connectivity index (χ4n) is 11.1. The zero-order chi connectivity index (χ0) is 64.7. The highest BCUT2D eigenvalue weighted by Crippen LogP contribution is 2.27. The van der Waals surface area contributed by atoms with Gasteiger partial charge in [-0.1, -0.05) is 114 Å². The fourth-order valence-corrected chi connectivity index (χ4v) is 11.8. The van der Waals surface area contributed by atoms with Crippen LogP contribution in [0.4, 0.5) is 0 Å². The average Bonchev–Trinajstić information content (AvgIpc) is 2.75. The van der Waals surface area contributed by atoms with Gasteiger partial charge in [-0.2, -0.15) is 0 Å². The normalized spacial score (nSPS) is 26.0. The van der Waals surface area contributed by atoms with Crippen molar-refractivity contribution < 1.29 is 62.2 Å². The topological polar surface area (TPSA) is 274 Å². The molecule has 4 N–H and O–H groups in total. The lowest BCUT2D eigenvalue weighted by Gasteiger charge is -2.41. The third-order valence-corrected chi connectivity index (χ3v) is 17.9. The van der Waals surface area contributed by atoms with E-state index in [-0.39, 0.29) is 19.4 Å². The third kappa shape index (κ3) is 19.2. The van der Waals surface area contributed by atoms with Crippen LogP contribution in [0.25, 0.3) is 0 Å². The number of amides is 10. The molecule has 2 fully saturated rings. The Morgan fingerprint density at radius 1 is 0.647 bits per heavy atom. The molecule has 11 atom stereocenters. The van der Waals surface area contributed by atoms with Gasteiger partial charge in [-0.25, -0.2) is 4.79 Å². The van der Waals surface area contributed by atoms with E-state index in [2.05, 4.69) is 40.9 Å². The summed E-state index contributed by atoms with van der Waals surface area (Å²) in [4.78, 5) is 168. The predicted octanol–water partition coefficient (Wildman–Crippen LogP) is 3.23. The van der Waals surface area contributed by atoms with Crippen LogP contribution < -0.4 is 26.0 Å². The maximum atomic E-state index is 15.3. The molecule has 0 saturated carbocycles. The molecule has 23 nitrogen and oxygen atoms in total. The Bertz CT molecular complexity index is 2520. The van der Waals surface area contributed by atoms with Gasteiger partial charge in [0.1, 0.15) is 54.1 Å². The van der Waals surface area contributed by atoms with Crippen LogP contribution >= 0.6 is 0 Å². The number of piperidine rings is 1. The summed E-state index contributed by atoms with van der Waals surface area (Å²) in [6, 6.07) is -3.34. The van der Waals surface area contributed by atoms with Crippen LogP contribution in [0.5, 0.6) is 5.75 Å². The van der Waals surface area contributed by atoms with Gasteiger partial charge in [0, 0.05) is 54.4 Å². The number of hydrogen-bond acceptors (Lipinski definition) is 13. The highest BCUT2D eigenvalue weighted by molar-refractivity contribution is 6.76. The molecule has 0 aromatic heterocycles. The Morgan fingerprint density at radius 3 is 1.71 bits per heavy atom. The van der Waals surface area contributed by atoms with Crippen LogP contribution in [0.2, 0.25) is 19.6 Å². The Labute approximate surface area is 506 Å². The van der Waals surface area contributed by atoms with Gasteiger partial charge in [0.15, 0.2) is 6.10 Å². The molecule has 10 amide bonds. The number of ether oxygens (including phenoxy) is 2. The van der Waals surface area contributed by atoms with Crippen molar-refractivity contribution in [2.45, 2.75) is 195 Å². The number of nitrogens with zero attached hydrogens (tertiary/aromatic N) is 6. The first-order valence-corrected chi connectivity index (χ1v) is 33.9. The van der Waals surface area contributed by atoms with E-state index in [9.17, 15) is 38.4 Å². The van der Waals surface area contributed by atoms with Gasteiger partial charge >= 0.3 is 5.97 Å². The van der Waals surface area contributed by atoms with Gasteiger partial charge in [0.25, 0.3) is 5.91 Å². The molecule has 1 aromatic carbocycles. The zero-order valence-electron chi connectivity index (χ0n) is 54.5. The second-order valence-electron chi connectivity index (χ2n) is 25.6. The van der Waals surface area contributed by atoms with Crippen molar-refractivity contribution in [3.63, 3.8) is 0 Å². The molecule has 2 aliphatic rings. The van der Waals surface area contributed by atoms with Crippen LogP contribution in [0.1, 0.15) is 120 Å². The molecule has 0 aliphatic carbocycles. The Morgan fingerprint density at radius 2 is 1.18 bits per heavy atom. The van der Waals surface area contributed by atoms with Crippen LogP contribution in [-0.4, -0.2) is 219 Å². The highest BCUT2D eigenvalue weighted by atomic mass is 28.3. The van der Waals surface area contributed by atoms with Crippen molar-refractivity contribution in [3.05, 3.63) is 29.8 Å². The van der Waals surface area contributed by atoms with E-state index >= 15 is 14.4 Å². The summed E-state index contributed by atoms with van der Waals surface area (Å²) in [6.07, 6.45) is 0.379. The van der Waals surface area contributed by atoms with E-state index in [4.69, 9.17) is 9.47 Å². The Balaban J connectivity index is 2.31. The van der Waals surface area contributed by atoms with Crippen LogP contribution in [0, 0.1) is 29.6 Å². The number of carbonyl (C=O) groups is 11. The molecule has 0 unspecified atom stereocenters. The zero-order valence-corrected chi connectivity index (χ0v) is 55.5. The molecule has 0 bridgehead atoms. The number of rotatable bonds is 14. The first-order chi connectivity index (χ1) is 39.6. The summed E-state index contributed by atoms with van der Waals surface area (Å²) >= 11 is 0. The molecule has 2 heterocycles. The maximum absolute atomic E-state index is 15.3. The molecule has 2 aliphatic heterocycles. The van der Waals surface area contributed by atoms with Crippen molar-refractivity contribution in [2.24, 2.45) is 29.6 Å². The largest absolute Gasteiger partial charge is 0.497 e. The Kier molecular flexibility index (Phi) is 27.6. The second-order valence-corrected chi connectivity index (χ2v) is 31.1. The number of benzene rings is 1. The molecular weight excluding hydrogens is 1110 g/mol. The summed E-state index contributed by atoms with van der Waals surface area (Å²) in [5.41, 5.74) is 0.589. The van der Waals surface area contributed by atoms with E-state index in [0.29, 0.717) is 43.2 Å². The number of methoxy groups -OCH3 is 1. The monoisotopic (exact) mass is 1210 g/mol. The standard InChI is InChI=1S/C61H102N10O13Si/c1-21-38(9)51-53(74)62-33-47(73)67(13)49(36(5)6)54(75)64-43(31-41-26-28-42(83-17)29-27-41)61(82)84-40(11)56(77)71-30-24-23-25-44(71)57(78)68(14)50(37(7)8)55(76)65-48(35(3)4)59(80)66(12)45(32-46(72)63-34-85(18,19)20)58(79)70(16)52(39(10)22-2)60(81)69(51)15/h26-29,35-40,43-45,48-52H,21-25,30-34H2,1-20H3,(H,62,74)(H,63,72)(H,64,75)(H,65,76)/t38-,39+,40-,43+,44+,45-,48+,49+,50+,51+,52+/m1/s1. The number of esters is 1. The summed E-state index contributed by atoms with van der Waals surface area (Å²) in [5, 5.41) is 11.3. The van der Waals surface area contributed by atoms with Gasteiger partial charge in [0.2, 0.25) is 53.2 Å². The number of cyclic esters (lactones) is 1. The number of hydrogen-bond donors (Lipinski definition) is 4. The van der Waals surface area contributed by atoms with E-state index in [1.165, 1.54) is 73.8 Å². The number of carbonyl (C=O) groups excluding carboxylic acids is 11. The lowest BCUT2D eigenvalue weighted by molar-refractivity contribution is -0.165. The van der Waals surface area contributed by atoms with Crippen molar-refractivity contribution in [1.29, 1.82) is 0 Å². The predicted molar refractivity (Wildman–Crippen MR) is 326 cm³/mol. The van der Waals surface area contributed by atoms with E-state index in [1.807, 2.05) is 13.8 Å². The first kappa shape index (κ1) is 72.7. The summed E-state index contributed by atoms with van der Waals surface area (Å²) in [6.45, 7) is 24.6. The number of likely N-dealkylation sites (N-methyl/N-ethyl adjacent to an activating group) is 5. The minimum atomic E-state index is -1.88. The number of fused-ring (bicyclic) bond motifs is 1. The van der Waals surface area contributed by atoms with E-state index in [1.54, 1.807) is 79.7 Å². The number of nitrogens with one attached hydrogen (secondary N) is 4. The molecule has 0 radical (unpaired) electrons. The summed E-state index contributed by atoms with van der Waals surface area (Å²) < 4.78 is 11.2. The van der Waals surface area contributed by atoms with Crippen molar-refractivity contribution in [3.8, 4) is 5.75 Å². The van der Waals surface area contributed by atoms with Gasteiger partial charge in [-0.3, -0.25) is 47.9 Å². The lowest BCUT2D eigenvalue weighted by atomic mass is 9.92. The van der Waals surface area contributed by atoms with Gasteiger partial charge in [-0.05, 0) is 73.5 Å². The molecule has 1 aromatic rings. The van der Waals surface area contributed by atoms with E-state index < -0.39 is 170 Å². The molecular formula is C61H102N10O13Si. The van der Waals surface area contributed by atoms with Gasteiger partial charge < -0.3 is 60.1 Å². The van der Waals surface area contributed by atoms with Crippen molar-refractivity contribution in [2.75, 3.05) is 61.6 Å². The lowest BCUT2D eigenvalue weighted by Crippen LogP contribution is -2.63. The first-order valence-electron chi connectivity index (χ1n) is 30.2. The van der Waals surface area contributed by atoms with Crippen LogP contribution in [0.15, 0.2) is 24.3 Å². The molecule has 478 valence electrons. The smallest absolute Gasteiger partial charge is 0.329 e. The molecule has 2 saturated heterocycles. The Hall–Kier alpha value is -6.59. The highest BCUT2D eigenvalue weighted by Gasteiger charge is 2.46. The molecule has 85 heavy (non-hydrogen) atoms. The van der Waals surface area contributed by atoms with E-state index in [0.717, 1.165) is 4.90 Å². The van der Waals surface area contributed by atoms with Gasteiger partial charge in [-0.15, -0.1) is 0 Å². The van der Waals surface area contributed by atoms with Crippen LogP contribution in [-0.2, 0) is 63.9 Å². The minimum Gasteiger partial charge on any atom is -0.497 e. The maximum Gasteiger partial charge on any atom is 0.329 e. The van der Waals surface area contributed by atoms with Crippen LogP contribution in [0.3, 0.4) is 0 Å². The SMILES string of the molecule is CC[C@@H](C)[C@H]1C(=O)NCC(=O)N(C)[C@@H](C(C)C)C(=O)N[C@@H](Cc2ccc(OC)cc2)C(=O)O[C@H](C)C(=O)N2CCCC[C@H]2C(=O)N(C)[C@@H](C(C)C)C(=O)N[C@@H](C(C)C)C(=O)N(C)[C@H](CC(=O)NC[Si](C)(C)C)C(=O)N(C)[C@@H]([C@@H](C)CC)C(=O)N1C. The fraction of sp³-hybridized carbons (Fsp3) is 0.721. The summed E-state index contributed by atoms with van der Waals surface area (Å²) in [7, 11) is 6.69. The third-order valence-electron chi connectivity index (χ3n) is 16.6. The van der Waals surface area contributed by atoms with Crippen molar-refractivity contribution >= 4 is 73.1 Å². The molecule has 3 rings (SSSR count). The van der Waals surface area contributed by atoms with Gasteiger partial charge in [0.05, 0.1) is 28.1 Å². The summed E-state index contributed by atoms with van der Waals surface area (Å²) in [5.74, 6) is -9.83. The quantitative estimate of drug-likeness (QED) is 0.154. The molecule has 24 heteroatoms. The minimum absolute atomic E-state index is 0.108. The average molecular weight is 1210 g/mol.